The lowest BCUT2D eigenvalue weighted by atomic mass is 10.1. The van der Waals surface area contributed by atoms with Crippen molar-refractivity contribution >= 4 is 75.4 Å². The molecule has 10 rings (SSSR count). The minimum atomic E-state index is 0.592. The summed E-state index contributed by atoms with van der Waals surface area (Å²) in [5.41, 5.74) is 7.65. The third-order valence-corrected chi connectivity index (χ3v) is 9.95. The van der Waals surface area contributed by atoms with Gasteiger partial charge in [0.25, 0.3) is 0 Å². The van der Waals surface area contributed by atoms with E-state index in [4.69, 9.17) is 14.4 Å². The van der Waals surface area contributed by atoms with Gasteiger partial charge in [-0.1, -0.05) is 97.1 Å². The zero-order valence-electron chi connectivity index (χ0n) is 23.9. The summed E-state index contributed by atoms with van der Waals surface area (Å²) < 4.78 is 11.3. The summed E-state index contributed by atoms with van der Waals surface area (Å²) in [6, 6.07) is 49.0. The molecule has 0 fully saturated rings. The summed E-state index contributed by atoms with van der Waals surface area (Å²) in [6.45, 7) is 0. The number of aromatic nitrogens is 3. The van der Waals surface area contributed by atoms with E-state index < -0.39 is 0 Å². The second kappa shape index (κ2) is 9.36. The Morgan fingerprint density at radius 1 is 0.511 bits per heavy atom. The summed E-state index contributed by atoms with van der Waals surface area (Å²) in [4.78, 5) is 10.2. The first-order chi connectivity index (χ1) is 22.3. The topological polar surface area (TPSA) is 43.9 Å². The van der Waals surface area contributed by atoms with Gasteiger partial charge in [-0.05, 0) is 42.5 Å². The molecule has 4 aromatic heterocycles. The standard InChI is InChI=1S/C40H23N3OS/c1-2-11-24(12-3-1)38-37-29-17-5-8-19-34(29)44-40(37)42-39(41-38)25-13-10-14-26(21-25)43-32-18-7-4-15-27(32)30-23-36-31(22-33(30)43)28-16-6-9-20-35(28)45-36/h1-23H. The monoisotopic (exact) mass is 593 g/mol. The van der Waals surface area contributed by atoms with Crippen molar-refractivity contribution < 1.29 is 4.42 Å². The highest BCUT2D eigenvalue weighted by Crippen LogP contribution is 2.41. The van der Waals surface area contributed by atoms with Crippen LogP contribution in [0.3, 0.4) is 0 Å². The number of hydrogen-bond acceptors (Lipinski definition) is 4. The molecule has 0 spiro atoms. The van der Waals surface area contributed by atoms with Crippen molar-refractivity contribution in [3.05, 3.63) is 140 Å². The molecule has 0 aliphatic carbocycles. The van der Waals surface area contributed by atoms with E-state index in [0.29, 0.717) is 11.5 Å². The molecule has 0 aliphatic heterocycles. The van der Waals surface area contributed by atoms with Crippen molar-refractivity contribution in [3.63, 3.8) is 0 Å². The highest BCUT2D eigenvalue weighted by atomic mass is 32.1. The Labute approximate surface area is 261 Å². The maximum Gasteiger partial charge on any atom is 0.231 e. The van der Waals surface area contributed by atoms with Gasteiger partial charge in [-0.3, -0.25) is 0 Å². The summed E-state index contributed by atoms with van der Waals surface area (Å²) in [7, 11) is 0. The zero-order chi connectivity index (χ0) is 29.5. The van der Waals surface area contributed by atoms with Gasteiger partial charge in [-0.15, -0.1) is 11.3 Å². The molecule has 0 N–H and O–H groups in total. The fraction of sp³-hybridized carbons (Fsp3) is 0. The molecule has 0 atom stereocenters. The second-order valence-corrected chi connectivity index (χ2v) is 12.5. The number of furan rings is 1. The van der Waals surface area contributed by atoms with Gasteiger partial charge < -0.3 is 8.98 Å². The number of nitrogens with zero attached hydrogens (tertiary/aromatic N) is 3. The summed E-state index contributed by atoms with van der Waals surface area (Å²) >= 11 is 1.86. The van der Waals surface area contributed by atoms with E-state index in [-0.39, 0.29) is 0 Å². The molecule has 210 valence electrons. The summed E-state index contributed by atoms with van der Waals surface area (Å²) in [5.74, 6) is 0.634. The van der Waals surface area contributed by atoms with Crippen LogP contribution in [0.25, 0.3) is 92.4 Å². The predicted molar refractivity (Wildman–Crippen MR) is 187 cm³/mol. The van der Waals surface area contributed by atoms with Crippen LogP contribution >= 0.6 is 11.3 Å². The molecular formula is C40H23N3OS. The average Bonchev–Trinajstić information content (AvgIpc) is 3.76. The third-order valence-electron chi connectivity index (χ3n) is 8.82. The van der Waals surface area contributed by atoms with Crippen LogP contribution in [0.1, 0.15) is 0 Å². The first-order valence-corrected chi connectivity index (χ1v) is 15.8. The number of fused-ring (bicyclic) bond motifs is 9. The van der Waals surface area contributed by atoms with E-state index in [9.17, 15) is 0 Å². The molecule has 0 saturated heterocycles. The van der Waals surface area contributed by atoms with E-state index in [1.54, 1.807) is 0 Å². The second-order valence-electron chi connectivity index (χ2n) is 11.4. The van der Waals surface area contributed by atoms with Crippen LogP contribution in [-0.4, -0.2) is 14.5 Å². The SMILES string of the molecule is c1ccc(-c2nc(-c3cccc(-n4c5ccccc5c5cc6sc7ccccc7c6cc54)c3)nc3oc4ccccc4c23)cc1. The first kappa shape index (κ1) is 24.6. The van der Waals surface area contributed by atoms with Crippen LogP contribution in [0.4, 0.5) is 0 Å². The maximum atomic E-state index is 6.31. The van der Waals surface area contributed by atoms with Crippen LogP contribution in [0.2, 0.25) is 0 Å². The van der Waals surface area contributed by atoms with Gasteiger partial charge >= 0.3 is 0 Å². The first-order valence-electron chi connectivity index (χ1n) is 15.0. The number of benzene rings is 6. The lowest BCUT2D eigenvalue weighted by Gasteiger charge is -2.11. The van der Waals surface area contributed by atoms with E-state index >= 15 is 0 Å². The van der Waals surface area contributed by atoms with Crippen LogP contribution in [-0.2, 0) is 0 Å². The number of hydrogen-bond donors (Lipinski definition) is 0. The molecule has 0 radical (unpaired) electrons. The molecule has 0 saturated carbocycles. The van der Waals surface area contributed by atoms with Crippen molar-refractivity contribution in [3.8, 4) is 28.3 Å². The van der Waals surface area contributed by atoms with E-state index in [0.717, 1.165) is 38.9 Å². The fourth-order valence-electron chi connectivity index (χ4n) is 6.81. The molecule has 0 unspecified atom stereocenters. The largest absolute Gasteiger partial charge is 0.438 e. The zero-order valence-corrected chi connectivity index (χ0v) is 24.8. The van der Waals surface area contributed by atoms with Gasteiger partial charge in [0.1, 0.15) is 5.58 Å². The lowest BCUT2D eigenvalue weighted by molar-refractivity contribution is 0.653. The van der Waals surface area contributed by atoms with Crippen molar-refractivity contribution in [1.82, 2.24) is 14.5 Å². The number of rotatable bonds is 3. The van der Waals surface area contributed by atoms with Gasteiger partial charge in [0.15, 0.2) is 5.82 Å². The molecule has 4 heterocycles. The molecule has 0 aliphatic rings. The normalized spacial score (nSPS) is 12.0. The number of para-hydroxylation sites is 2. The molecule has 4 nitrogen and oxygen atoms in total. The molecule has 10 aromatic rings. The molecular weight excluding hydrogens is 571 g/mol. The summed E-state index contributed by atoms with van der Waals surface area (Å²) in [5, 5.41) is 7.03. The molecule has 45 heavy (non-hydrogen) atoms. The Morgan fingerprint density at radius 3 is 2.18 bits per heavy atom. The minimum absolute atomic E-state index is 0.592. The predicted octanol–water partition coefficient (Wildman–Crippen LogP) is 11.2. The van der Waals surface area contributed by atoms with Crippen LogP contribution in [0.15, 0.2) is 144 Å². The average molecular weight is 594 g/mol. The van der Waals surface area contributed by atoms with Crippen molar-refractivity contribution in [2.45, 2.75) is 0 Å². The Hall–Kier alpha value is -5.78. The van der Waals surface area contributed by atoms with Gasteiger partial charge in [0.05, 0.1) is 22.1 Å². The summed E-state index contributed by atoms with van der Waals surface area (Å²) in [6.07, 6.45) is 0. The van der Waals surface area contributed by atoms with Crippen LogP contribution < -0.4 is 0 Å². The lowest BCUT2D eigenvalue weighted by Crippen LogP contribution is -1.97. The van der Waals surface area contributed by atoms with Gasteiger partial charge in [0, 0.05) is 53.1 Å². The Bertz CT molecular complexity index is 2770. The van der Waals surface area contributed by atoms with E-state index in [1.165, 1.54) is 42.0 Å². The molecule has 6 aromatic carbocycles. The van der Waals surface area contributed by atoms with Gasteiger partial charge in [0.2, 0.25) is 5.71 Å². The Morgan fingerprint density at radius 2 is 1.27 bits per heavy atom. The van der Waals surface area contributed by atoms with Crippen LogP contribution in [0.5, 0.6) is 0 Å². The van der Waals surface area contributed by atoms with Gasteiger partial charge in [-0.25, -0.2) is 4.98 Å². The Kier molecular flexibility index (Phi) is 5.12. The minimum Gasteiger partial charge on any atom is -0.438 e. The molecule has 0 bridgehead atoms. The van der Waals surface area contributed by atoms with Crippen LogP contribution in [0, 0.1) is 0 Å². The highest BCUT2D eigenvalue weighted by Gasteiger charge is 2.19. The van der Waals surface area contributed by atoms with E-state index in [2.05, 4.69) is 108 Å². The quantitative estimate of drug-likeness (QED) is 0.205. The molecule has 5 heteroatoms. The van der Waals surface area contributed by atoms with Crippen molar-refractivity contribution in [2.75, 3.05) is 0 Å². The van der Waals surface area contributed by atoms with Crippen molar-refractivity contribution in [1.29, 1.82) is 0 Å². The Balaban J connectivity index is 1.23. The third kappa shape index (κ3) is 3.65. The highest BCUT2D eigenvalue weighted by molar-refractivity contribution is 7.25. The smallest absolute Gasteiger partial charge is 0.231 e. The van der Waals surface area contributed by atoms with Crippen molar-refractivity contribution in [2.24, 2.45) is 0 Å². The molecule has 0 amide bonds. The number of thiophene rings is 1. The fourth-order valence-corrected chi connectivity index (χ4v) is 7.93. The van der Waals surface area contributed by atoms with Gasteiger partial charge in [-0.2, -0.15) is 4.98 Å². The van der Waals surface area contributed by atoms with E-state index in [1.807, 2.05) is 47.7 Å². The maximum absolute atomic E-state index is 6.31.